The lowest BCUT2D eigenvalue weighted by Gasteiger charge is -2.03. The average molecular weight is 236 g/mol. The molecule has 17 heavy (non-hydrogen) atoms. The molecule has 5 N–H and O–H groups in total. The molecule has 0 atom stereocenters. The van der Waals surface area contributed by atoms with Gasteiger partial charge in [0.05, 0.1) is 18.9 Å². The minimum Gasteiger partial charge on any atom is -0.497 e. The van der Waals surface area contributed by atoms with E-state index >= 15 is 0 Å². The topological polar surface area (TPSA) is 123 Å². The third kappa shape index (κ3) is 3.49. The third-order valence-corrected chi connectivity index (χ3v) is 1.86. The van der Waals surface area contributed by atoms with Crippen LogP contribution in [0.25, 0.3) is 0 Å². The van der Waals surface area contributed by atoms with Crippen molar-refractivity contribution in [2.24, 2.45) is 21.7 Å². The SMILES string of the molecule is COc1ccc(C=NN=C(N)N)c(C(=O)O)c1. The number of guanidine groups is 1. The summed E-state index contributed by atoms with van der Waals surface area (Å²) in [4.78, 5) is 11.0. The van der Waals surface area contributed by atoms with E-state index < -0.39 is 5.97 Å². The zero-order chi connectivity index (χ0) is 12.8. The highest BCUT2D eigenvalue weighted by Gasteiger charge is 2.09. The van der Waals surface area contributed by atoms with Crippen LogP contribution in [-0.2, 0) is 0 Å². The first-order valence-corrected chi connectivity index (χ1v) is 4.58. The highest BCUT2D eigenvalue weighted by molar-refractivity contribution is 5.99. The molecule has 0 saturated carbocycles. The second kappa shape index (κ2) is 5.50. The fourth-order valence-electron chi connectivity index (χ4n) is 1.12. The summed E-state index contributed by atoms with van der Waals surface area (Å²) in [5, 5.41) is 15.9. The Balaban J connectivity index is 3.11. The Morgan fingerprint density at radius 2 is 2.18 bits per heavy atom. The molecule has 0 fully saturated rings. The second-order valence-corrected chi connectivity index (χ2v) is 3.03. The molecule has 7 heteroatoms. The molecule has 0 aliphatic heterocycles. The summed E-state index contributed by atoms with van der Waals surface area (Å²) < 4.78 is 4.93. The minimum absolute atomic E-state index is 0.0545. The van der Waals surface area contributed by atoms with Crippen LogP contribution < -0.4 is 16.2 Å². The molecule has 1 aromatic rings. The number of methoxy groups -OCH3 is 1. The number of nitrogens with zero attached hydrogens (tertiary/aromatic N) is 2. The summed E-state index contributed by atoms with van der Waals surface area (Å²) >= 11 is 0. The van der Waals surface area contributed by atoms with E-state index in [2.05, 4.69) is 10.2 Å². The Morgan fingerprint density at radius 3 is 2.71 bits per heavy atom. The van der Waals surface area contributed by atoms with Gasteiger partial charge in [-0.3, -0.25) is 0 Å². The third-order valence-electron chi connectivity index (χ3n) is 1.86. The van der Waals surface area contributed by atoms with Crippen LogP contribution in [0.15, 0.2) is 28.4 Å². The van der Waals surface area contributed by atoms with Crippen molar-refractivity contribution < 1.29 is 14.6 Å². The molecule has 0 heterocycles. The molecule has 0 aromatic heterocycles. The molecule has 1 aromatic carbocycles. The zero-order valence-electron chi connectivity index (χ0n) is 9.12. The van der Waals surface area contributed by atoms with Crippen molar-refractivity contribution in [3.63, 3.8) is 0 Å². The quantitative estimate of drug-likeness (QED) is 0.385. The maximum absolute atomic E-state index is 11.0. The van der Waals surface area contributed by atoms with E-state index in [1.165, 1.54) is 19.4 Å². The van der Waals surface area contributed by atoms with Crippen molar-refractivity contribution in [1.82, 2.24) is 0 Å². The lowest BCUT2D eigenvalue weighted by molar-refractivity contribution is 0.0696. The van der Waals surface area contributed by atoms with Crippen molar-refractivity contribution in [2.45, 2.75) is 0 Å². The largest absolute Gasteiger partial charge is 0.497 e. The molecule has 1 rings (SSSR count). The van der Waals surface area contributed by atoms with Gasteiger partial charge in [0, 0.05) is 5.56 Å². The number of ether oxygens (including phenoxy) is 1. The molecular weight excluding hydrogens is 224 g/mol. The highest BCUT2D eigenvalue weighted by Crippen LogP contribution is 2.16. The first-order chi connectivity index (χ1) is 8.04. The van der Waals surface area contributed by atoms with Gasteiger partial charge in [0.1, 0.15) is 5.75 Å². The van der Waals surface area contributed by atoms with Gasteiger partial charge in [0.25, 0.3) is 0 Å². The number of carboxylic acid groups (broad SMARTS) is 1. The number of rotatable bonds is 4. The Hall–Kier alpha value is -2.57. The highest BCUT2D eigenvalue weighted by atomic mass is 16.5. The van der Waals surface area contributed by atoms with Gasteiger partial charge in [-0.1, -0.05) is 0 Å². The summed E-state index contributed by atoms with van der Waals surface area (Å²) in [5.41, 5.74) is 10.6. The molecule has 90 valence electrons. The van der Waals surface area contributed by atoms with Crippen molar-refractivity contribution >= 4 is 18.1 Å². The van der Waals surface area contributed by atoms with E-state index in [1.54, 1.807) is 12.1 Å². The van der Waals surface area contributed by atoms with E-state index in [-0.39, 0.29) is 11.5 Å². The van der Waals surface area contributed by atoms with E-state index in [9.17, 15) is 4.79 Å². The normalized spacial score (nSPS) is 10.2. The maximum atomic E-state index is 11.0. The summed E-state index contributed by atoms with van der Waals surface area (Å²) in [6, 6.07) is 4.55. The Kier molecular flexibility index (Phi) is 4.04. The van der Waals surface area contributed by atoms with Crippen molar-refractivity contribution in [2.75, 3.05) is 7.11 Å². The molecule has 0 aliphatic rings. The lowest BCUT2D eigenvalue weighted by Crippen LogP contribution is -2.21. The first-order valence-electron chi connectivity index (χ1n) is 4.58. The van der Waals surface area contributed by atoms with Crippen LogP contribution in [0.2, 0.25) is 0 Å². The van der Waals surface area contributed by atoms with Gasteiger partial charge in [0.2, 0.25) is 5.96 Å². The molecule has 0 amide bonds. The number of hydrogen-bond donors (Lipinski definition) is 3. The molecule has 0 radical (unpaired) electrons. The summed E-state index contributed by atoms with van der Waals surface area (Å²) in [5.74, 6) is -0.844. The van der Waals surface area contributed by atoms with E-state index in [0.29, 0.717) is 11.3 Å². The van der Waals surface area contributed by atoms with Crippen LogP contribution in [0.3, 0.4) is 0 Å². The van der Waals surface area contributed by atoms with Crippen molar-refractivity contribution in [1.29, 1.82) is 0 Å². The van der Waals surface area contributed by atoms with E-state index in [4.69, 9.17) is 21.3 Å². The van der Waals surface area contributed by atoms with Crippen LogP contribution in [0.5, 0.6) is 5.75 Å². The number of carboxylic acids is 1. The number of benzene rings is 1. The van der Waals surface area contributed by atoms with Gasteiger partial charge in [0.15, 0.2) is 0 Å². The number of hydrogen-bond acceptors (Lipinski definition) is 4. The van der Waals surface area contributed by atoms with Crippen LogP contribution in [-0.4, -0.2) is 30.4 Å². The fraction of sp³-hybridized carbons (Fsp3) is 0.100. The fourth-order valence-corrected chi connectivity index (χ4v) is 1.12. The summed E-state index contributed by atoms with van der Waals surface area (Å²) in [6.45, 7) is 0. The zero-order valence-corrected chi connectivity index (χ0v) is 9.12. The van der Waals surface area contributed by atoms with Gasteiger partial charge < -0.3 is 21.3 Å². The van der Waals surface area contributed by atoms with Gasteiger partial charge in [-0.05, 0) is 18.2 Å². The molecule has 0 saturated heterocycles. The Labute approximate surface area is 97.4 Å². The number of aromatic carboxylic acids is 1. The van der Waals surface area contributed by atoms with Crippen molar-refractivity contribution in [3.8, 4) is 5.75 Å². The van der Waals surface area contributed by atoms with Gasteiger partial charge in [-0.25, -0.2) is 4.79 Å². The molecule has 7 nitrogen and oxygen atoms in total. The van der Waals surface area contributed by atoms with Crippen LogP contribution >= 0.6 is 0 Å². The minimum atomic E-state index is -1.09. The molecule has 0 spiro atoms. The van der Waals surface area contributed by atoms with Crippen LogP contribution in [0, 0.1) is 0 Å². The number of nitrogens with two attached hydrogens (primary N) is 2. The predicted molar refractivity (Wildman–Crippen MR) is 63.4 cm³/mol. The molecule has 0 unspecified atom stereocenters. The van der Waals surface area contributed by atoms with Gasteiger partial charge >= 0.3 is 5.97 Å². The van der Waals surface area contributed by atoms with Crippen molar-refractivity contribution in [3.05, 3.63) is 29.3 Å². The monoisotopic (exact) mass is 236 g/mol. The van der Waals surface area contributed by atoms with Gasteiger partial charge in [-0.15, -0.1) is 5.10 Å². The lowest BCUT2D eigenvalue weighted by atomic mass is 10.1. The maximum Gasteiger partial charge on any atom is 0.336 e. The van der Waals surface area contributed by atoms with E-state index in [1.807, 2.05) is 0 Å². The predicted octanol–water partition coefficient (Wildman–Crippen LogP) is 0.000700. The Morgan fingerprint density at radius 1 is 1.47 bits per heavy atom. The molecule has 0 aliphatic carbocycles. The molecular formula is C10H12N4O3. The van der Waals surface area contributed by atoms with Crippen LogP contribution in [0.1, 0.15) is 15.9 Å². The Bertz CT molecular complexity index is 478. The first kappa shape index (κ1) is 12.5. The standard InChI is InChI=1S/C10H12N4O3/c1-17-7-3-2-6(5-13-14-10(11)12)8(4-7)9(15)16/h2-5H,1H3,(H,15,16)(H4,11,12,14). The smallest absolute Gasteiger partial charge is 0.336 e. The van der Waals surface area contributed by atoms with E-state index in [0.717, 1.165) is 0 Å². The summed E-state index contributed by atoms with van der Waals surface area (Å²) in [6.07, 6.45) is 1.25. The van der Waals surface area contributed by atoms with Gasteiger partial charge in [-0.2, -0.15) is 5.10 Å². The molecule has 0 bridgehead atoms. The van der Waals surface area contributed by atoms with Crippen LogP contribution in [0.4, 0.5) is 0 Å². The average Bonchev–Trinajstić information content (AvgIpc) is 2.28. The second-order valence-electron chi connectivity index (χ2n) is 3.03. The number of carbonyl (C=O) groups is 1. The summed E-state index contributed by atoms with van der Waals surface area (Å²) in [7, 11) is 1.45.